The highest BCUT2D eigenvalue weighted by Crippen LogP contribution is 2.05. The molecule has 0 spiro atoms. The Labute approximate surface area is 92.0 Å². The fourth-order valence-corrected chi connectivity index (χ4v) is 1.92. The van der Waals surface area contributed by atoms with E-state index in [1.165, 1.54) is 19.4 Å². The SMILES string of the molecule is C1=CN(CC=CN2CCOCC2)CCC1. The summed E-state index contributed by atoms with van der Waals surface area (Å²) in [6, 6.07) is 0. The molecule has 2 rings (SSSR count). The Kier molecular flexibility index (Phi) is 4.09. The van der Waals surface area contributed by atoms with E-state index in [1.807, 2.05) is 0 Å². The molecule has 3 nitrogen and oxygen atoms in total. The van der Waals surface area contributed by atoms with Crippen LogP contribution in [0.25, 0.3) is 0 Å². The van der Waals surface area contributed by atoms with Crippen LogP contribution in [-0.4, -0.2) is 49.2 Å². The van der Waals surface area contributed by atoms with Crippen LogP contribution in [0.4, 0.5) is 0 Å². The van der Waals surface area contributed by atoms with Gasteiger partial charge in [0.1, 0.15) is 0 Å². The van der Waals surface area contributed by atoms with Crippen LogP contribution in [0, 0.1) is 0 Å². The molecule has 0 amide bonds. The number of hydrogen-bond donors (Lipinski definition) is 0. The highest BCUT2D eigenvalue weighted by atomic mass is 16.5. The summed E-state index contributed by atoms with van der Waals surface area (Å²) < 4.78 is 5.30. The molecule has 0 aromatic rings. The molecule has 0 bridgehead atoms. The summed E-state index contributed by atoms with van der Waals surface area (Å²) in [5.41, 5.74) is 0. The van der Waals surface area contributed by atoms with E-state index in [0.29, 0.717) is 0 Å². The van der Waals surface area contributed by atoms with Crippen molar-refractivity contribution >= 4 is 0 Å². The monoisotopic (exact) mass is 208 g/mol. The first-order valence-electron chi connectivity index (χ1n) is 5.84. The van der Waals surface area contributed by atoms with Gasteiger partial charge in [-0.05, 0) is 31.3 Å². The number of morpholine rings is 1. The van der Waals surface area contributed by atoms with Crippen molar-refractivity contribution in [2.45, 2.75) is 12.8 Å². The molecule has 1 saturated heterocycles. The predicted molar refractivity (Wildman–Crippen MR) is 61.5 cm³/mol. The molecule has 2 heterocycles. The molecule has 0 aromatic heterocycles. The van der Waals surface area contributed by atoms with Crippen molar-refractivity contribution in [3.63, 3.8) is 0 Å². The van der Waals surface area contributed by atoms with E-state index < -0.39 is 0 Å². The van der Waals surface area contributed by atoms with Crippen LogP contribution < -0.4 is 0 Å². The van der Waals surface area contributed by atoms with E-state index in [1.54, 1.807) is 0 Å². The van der Waals surface area contributed by atoms with Gasteiger partial charge >= 0.3 is 0 Å². The van der Waals surface area contributed by atoms with Gasteiger partial charge in [-0.25, -0.2) is 0 Å². The maximum absolute atomic E-state index is 5.30. The number of allylic oxidation sites excluding steroid dienone is 1. The van der Waals surface area contributed by atoms with Crippen LogP contribution in [0.2, 0.25) is 0 Å². The quantitative estimate of drug-likeness (QED) is 0.698. The third-order valence-corrected chi connectivity index (χ3v) is 2.83. The maximum Gasteiger partial charge on any atom is 0.0642 e. The molecule has 3 heteroatoms. The molecule has 1 fully saturated rings. The molecular formula is C12H20N2O. The van der Waals surface area contributed by atoms with E-state index in [4.69, 9.17) is 4.74 Å². The number of rotatable bonds is 3. The van der Waals surface area contributed by atoms with Gasteiger partial charge in [0.05, 0.1) is 13.2 Å². The average Bonchev–Trinajstić information content (AvgIpc) is 2.32. The summed E-state index contributed by atoms with van der Waals surface area (Å²) in [7, 11) is 0. The van der Waals surface area contributed by atoms with Gasteiger partial charge < -0.3 is 14.5 Å². The lowest BCUT2D eigenvalue weighted by Crippen LogP contribution is -2.32. The lowest BCUT2D eigenvalue weighted by molar-refractivity contribution is 0.0592. The topological polar surface area (TPSA) is 15.7 Å². The van der Waals surface area contributed by atoms with Crippen molar-refractivity contribution in [2.24, 2.45) is 0 Å². The third kappa shape index (κ3) is 3.59. The van der Waals surface area contributed by atoms with Crippen LogP contribution in [0.15, 0.2) is 24.6 Å². The fourth-order valence-electron chi connectivity index (χ4n) is 1.92. The number of nitrogens with zero attached hydrogens (tertiary/aromatic N) is 2. The first-order chi connectivity index (χ1) is 7.45. The Morgan fingerprint density at radius 2 is 2.07 bits per heavy atom. The second kappa shape index (κ2) is 5.81. The molecule has 0 atom stereocenters. The Hall–Kier alpha value is -0.960. The van der Waals surface area contributed by atoms with E-state index in [-0.39, 0.29) is 0 Å². The summed E-state index contributed by atoms with van der Waals surface area (Å²) in [6.07, 6.45) is 11.5. The van der Waals surface area contributed by atoms with E-state index in [0.717, 1.165) is 32.8 Å². The summed E-state index contributed by atoms with van der Waals surface area (Å²) >= 11 is 0. The Morgan fingerprint density at radius 1 is 1.20 bits per heavy atom. The second-order valence-electron chi connectivity index (χ2n) is 4.06. The number of hydrogen-bond acceptors (Lipinski definition) is 3. The molecule has 0 aliphatic carbocycles. The highest BCUT2D eigenvalue weighted by molar-refractivity contribution is 4.93. The standard InChI is InChI=1S/C12H20N2O/c1-2-5-13(6-3-1)7-4-8-14-9-11-15-12-10-14/h2,4-5,8H,1,3,6-7,9-12H2. The summed E-state index contributed by atoms with van der Waals surface area (Å²) in [5, 5.41) is 0. The zero-order chi connectivity index (χ0) is 10.3. The molecule has 15 heavy (non-hydrogen) atoms. The second-order valence-corrected chi connectivity index (χ2v) is 4.06. The van der Waals surface area contributed by atoms with Crippen molar-refractivity contribution in [3.8, 4) is 0 Å². The molecule has 2 aliphatic heterocycles. The van der Waals surface area contributed by atoms with Crippen molar-refractivity contribution < 1.29 is 4.74 Å². The first-order valence-corrected chi connectivity index (χ1v) is 5.84. The van der Waals surface area contributed by atoms with Crippen molar-refractivity contribution in [2.75, 3.05) is 39.4 Å². The van der Waals surface area contributed by atoms with E-state index in [9.17, 15) is 0 Å². The number of ether oxygens (including phenoxy) is 1. The summed E-state index contributed by atoms with van der Waals surface area (Å²) in [4.78, 5) is 4.69. The minimum Gasteiger partial charge on any atom is -0.378 e. The van der Waals surface area contributed by atoms with Crippen LogP contribution in [0.1, 0.15) is 12.8 Å². The largest absolute Gasteiger partial charge is 0.378 e. The Bertz CT molecular complexity index is 232. The maximum atomic E-state index is 5.30. The Morgan fingerprint density at radius 3 is 2.80 bits per heavy atom. The van der Waals surface area contributed by atoms with Gasteiger partial charge in [-0.2, -0.15) is 0 Å². The van der Waals surface area contributed by atoms with E-state index in [2.05, 4.69) is 34.4 Å². The van der Waals surface area contributed by atoms with Gasteiger partial charge in [0.25, 0.3) is 0 Å². The van der Waals surface area contributed by atoms with Gasteiger partial charge in [0.2, 0.25) is 0 Å². The van der Waals surface area contributed by atoms with Gasteiger partial charge in [0.15, 0.2) is 0 Å². The van der Waals surface area contributed by atoms with Crippen molar-refractivity contribution in [1.29, 1.82) is 0 Å². The summed E-state index contributed by atoms with van der Waals surface area (Å²) in [5.74, 6) is 0. The summed E-state index contributed by atoms with van der Waals surface area (Å²) in [6.45, 7) is 6.04. The minimum atomic E-state index is 0.869. The molecule has 0 unspecified atom stereocenters. The molecule has 0 N–H and O–H groups in total. The predicted octanol–water partition coefficient (Wildman–Crippen LogP) is 1.44. The molecule has 0 aromatic carbocycles. The normalized spacial score (nSPS) is 22.7. The van der Waals surface area contributed by atoms with Crippen LogP contribution >= 0.6 is 0 Å². The van der Waals surface area contributed by atoms with Gasteiger partial charge in [-0.3, -0.25) is 0 Å². The van der Waals surface area contributed by atoms with Gasteiger partial charge in [-0.1, -0.05) is 6.08 Å². The van der Waals surface area contributed by atoms with Crippen molar-refractivity contribution in [1.82, 2.24) is 9.80 Å². The van der Waals surface area contributed by atoms with Crippen LogP contribution in [0.5, 0.6) is 0 Å². The Balaban J connectivity index is 1.69. The zero-order valence-electron chi connectivity index (χ0n) is 9.27. The lowest BCUT2D eigenvalue weighted by atomic mass is 10.2. The minimum absolute atomic E-state index is 0.869. The highest BCUT2D eigenvalue weighted by Gasteiger charge is 2.05. The van der Waals surface area contributed by atoms with E-state index >= 15 is 0 Å². The zero-order valence-corrected chi connectivity index (χ0v) is 9.27. The molecule has 2 aliphatic rings. The fraction of sp³-hybridized carbons (Fsp3) is 0.667. The van der Waals surface area contributed by atoms with Crippen LogP contribution in [-0.2, 0) is 4.74 Å². The average molecular weight is 208 g/mol. The van der Waals surface area contributed by atoms with Gasteiger partial charge in [-0.15, -0.1) is 0 Å². The van der Waals surface area contributed by atoms with Gasteiger partial charge in [0, 0.05) is 26.2 Å². The third-order valence-electron chi connectivity index (χ3n) is 2.83. The van der Waals surface area contributed by atoms with Crippen LogP contribution in [0.3, 0.4) is 0 Å². The molecule has 84 valence electrons. The lowest BCUT2D eigenvalue weighted by Gasteiger charge is -2.26. The smallest absolute Gasteiger partial charge is 0.0642 e. The van der Waals surface area contributed by atoms with Crippen molar-refractivity contribution in [3.05, 3.63) is 24.6 Å². The molecular weight excluding hydrogens is 188 g/mol. The molecule has 0 saturated carbocycles. The molecule has 0 radical (unpaired) electrons. The first kappa shape index (κ1) is 10.6.